The molecule has 0 saturated heterocycles. The lowest BCUT2D eigenvalue weighted by molar-refractivity contribution is -0.166. The molecular formula is C13H16F3NO. The summed E-state index contributed by atoms with van der Waals surface area (Å²) in [7, 11) is 0. The van der Waals surface area contributed by atoms with Crippen LogP contribution in [-0.2, 0) is 6.54 Å². The van der Waals surface area contributed by atoms with E-state index in [0.29, 0.717) is 11.1 Å². The summed E-state index contributed by atoms with van der Waals surface area (Å²) in [5, 5.41) is 12.2. The van der Waals surface area contributed by atoms with Crippen LogP contribution in [0.25, 0.3) is 0 Å². The smallest absolute Gasteiger partial charge is 0.406 e. The molecule has 1 fully saturated rings. The van der Waals surface area contributed by atoms with E-state index in [9.17, 15) is 18.3 Å². The first-order valence-corrected chi connectivity index (χ1v) is 5.86. The van der Waals surface area contributed by atoms with Gasteiger partial charge in [0.05, 0.1) is 0 Å². The van der Waals surface area contributed by atoms with Crippen molar-refractivity contribution in [2.24, 2.45) is 0 Å². The van der Waals surface area contributed by atoms with E-state index in [1.165, 1.54) is 0 Å². The first-order chi connectivity index (χ1) is 8.25. The number of hydrogen-bond donors (Lipinski definition) is 2. The summed E-state index contributed by atoms with van der Waals surface area (Å²) in [5.41, 5.74) is 0.442. The second-order valence-electron chi connectivity index (χ2n) is 5.01. The van der Waals surface area contributed by atoms with E-state index in [-0.39, 0.29) is 25.1 Å². The number of nitrogens with one attached hydrogen (secondary N) is 1. The zero-order valence-electron chi connectivity index (χ0n) is 10.4. The Balaban J connectivity index is 2.08. The molecule has 0 aliphatic heterocycles. The summed E-state index contributed by atoms with van der Waals surface area (Å²) in [6.45, 7) is 3.65. The number of halogens is 3. The van der Waals surface area contributed by atoms with Gasteiger partial charge < -0.3 is 5.11 Å². The summed E-state index contributed by atoms with van der Waals surface area (Å²) in [6, 6.07) is 3.42. The number of rotatable bonds is 3. The first-order valence-electron chi connectivity index (χ1n) is 5.86. The summed E-state index contributed by atoms with van der Waals surface area (Å²) < 4.78 is 38.2. The van der Waals surface area contributed by atoms with Crippen molar-refractivity contribution in [2.45, 2.75) is 44.9 Å². The van der Waals surface area contributed by atoms with Crippen LogP contribution in [0.2, 0.25) is 0 Å². The highest BCUT2D eigenvalue weighted by atomic mass is 19.4. The van der Waals surface area contributed by atoms with E-state index in [1.807, 2.05) is 0 Å². The van der Waals surface area contributed by atoms with Crippen molar-refractivity contribution in [1.82, 2.24) is 5.32 Å². The molecule has 2 nitrogen and oxygen atoms in total. The highest BCUT2D eigenvalue weighted by Gasteiger charge is 2.62. The average Bonchev–Trinajstić information content (AvgIpc) is 3.03. The lowest BCUT2D eigenvalue weighted by atomic mass is 10.1. The predicted octanol–water partition coefficient (Wildman–Crippen LogP) is 3.19. The number of hydrogen-bond acceptors (Lipinski definition) is 2. The molecule has 1 aromatic carbocycles. The summed E-state index contributed by atoms with van der Waals surface area (Å²) in [5.74, 6) is 0.204. The Labute approximate surface area is 104 Å². The Morgan fingerprint density at radius 2 is 1.72 bits per heavy atom. The van der Waals surface area contributed by atoms with Crippen LogP contribution < -0.4 is 5.32 Å². The largest absolute Gasteiger partial charge is 0.507 e. The lowest BCUT2D eigenvalue weighted by Crippen LogP contribution is -2.44. The zero-order chi connectivity index (χ0) is 13.6. The zero-order valence-corrected chi connectivity index (χ0v) is 10.4. The van der Waals surface area contributed by atoms with Crippen LogP contribution in [0, 0.1) is 13.8 Å². The SMILES string of the molecule is Cc1cc(CNC2(C(F)(F)F)CC2)cc(C)c1O. The van der Waals surface area contributed by atoms with Gasteiger partial charge in [-0.15, -0.1) is 0 Å². The van der Waals surface area contributed by atoms with Crippen LogP contribution in [0.1, 0.15) is 29.5 Å². The molecule has 1 aliphatic carbocycles. The molecule has 0 aromatic heterocycles. The minimum absolute atomic E-state index is 0.145. The fourth-order valence-electron chi connectivity index (χ4n) is 2.10. The molecule has 0 bridgehead atoms. The van der Waals surface area contributed by atoms with Crippen molar-refractivity contribution in [2.75, 3.05) is 0 Å². The normalized spacial score (nSPS) is 17.8. The van der Waals surface area contributed by atoms with Gasteiger partial charge in [0.15, 0.2) is 0 Å². The van der Waals surface area contributed by atoms with Crippen molar-refractivity contribution < 1.29 is 18.3 Å². The van der Waals surface area contributed by atoms with Crippen molar-refractivity contribution in [3.05, 3.63) is 28.8 Å². The van der Waals surface area contributed by atoms with E-state index in [0.717, 1.165) is 5.56 Å². The molecule has 0 spiro atoms. The molecule has 0 unspecified atom stereocenters. The van der Waals surface area contributed by atoms with Gasteiger partial charge in [-0.2, -0.15) is 13.2 Å². The summed E-state index contributed by atoms with van der Waals surface area (Å²) in [6.07, 6.45) is -3.90. The van der Waals surface area contributed by atoms with Gasteiger partial charge in [-0.1, -0.05) is 12.1 Å². The van der Waals surface area contributed by atoms with Crippen molar-refractivity contribution >= 4 is 0 Å². The maximum absolute atomic E-state index is 12.7. The highest BCUT2D eigenvalue weighted by Crippen LogP contribution is 2.49. The van der Waals surface area contributed by atoms with Crippen LogP contribution in [0.15, 0.2) is 12.1 Å². The predicted molar refractivity (Wildman–Crippen MR) is 62.4 cm³/mol. The van der Waals surface area contributed by atoms with Crippen LogP contribution in [0.5, 0.6) is 5.75 Å². The van der Waals surface area contributed by atoms with Crippen molar-refractivity contribution in [3.63, 3.8) is 0 Å². The minimum Gasteiger partial charge on any atom is -0.507 e. The average molecular weight is 259 g/mol. The lowest BCUT2D eigenvalue weighted by Gasteiger charge is -2.21. The topological polar surface area (TPSA) is 32.3 Å². The Kier molecular flexibility index (Phi) is 3.05. The van der Waals surface area contributed by atoms with Crippen LogP contribution in [0.3, 0.4) is 0 Å². The fraction of sp³-hybridized carbons (Fsp3) is 0.538. The summed E-state index contributed by atoms with van der Waals surface area (Å²) >= 11 is 0. The third kappa shape index (κ3) is 2.32. The van der Waals surface area contributed by atoms with E-state index in [4.69, 9.17) is 0 Å². The molecular weight excluding hydrogens is 243 g/mol. The number of phenols is 1. The summed E-state index contributed by atoms with van der Waals surface area (Å²) in [4.78, 5) is 0. The maximum Gasteiger partial charge on any atom is 0.406 e. The number of benzene rings is 1. The molecule has 0 heterocycles. The molecule has 2 rings (SSSR count). The Morgan fingerprint density at radius 3 is 2.11 bits per heavy atom. The Morgan fingerprint density at radius 1 is 1.22 bits per heavy atom. The standard InChI is InChI=1S/C13H16F3NO/c1-8-5-10(6-9(2)11(8)18)7-17-12(3-4-12)13(14,15)16/h5-6,17-18H,3-4,7H2,1-2H3. The second-order valence-corrected chi connectivity index (χ2v) is 5.01. The van der Waals surface area contributed by atoms with Gasteiger partial charge in [0, 0.05) is 6.54 Å². The van der Waals surface area contributed by atoms with Gasteiger partial charge in [-0.25, -0.2) is 0 Å². The molecule has 2 N–H and O–H groups in total. The maximum atomic E-state index is 12.7. The molecule has 1 aliphatic rings. The second kappa shape index (κ2) is 4.16. The molecule has 5 heteroatoms. The molecule has 0 radical (unpaired) electrons. The highest BCUT2D eigenvalue weighted by molar-refractivity contribution is 5.42. The monoisotopic (exact) mass is 259 g/mol. The number of phenolic OH excluding ortho intramolecular Hbond substituents is 1. The third-order valence-electron chi connectivity index (χ3n) is 3.47. The van der Waals surface area contributed by atoms with Gasteiger partial charge >= 0.3 is 6.18 Å². The number of alkyl halides is 3. The van der Waals surface area contributed by atoms with Gasteiger partial charge in [0.2, 0.25) is 0 Å². The van der Waals surface area contributed by atoms with Gasteiger partial charge in [0.25, 0.3) is 0 Å². The number of aromatic hydroxyl groups is 1. The molecule has 0 amide bonds. The Hall–Kier alpha value is -1.23. The Bertz CT molecular complexity index is 441. The molecule has 1 saturated carbocycles. The minimum atomic E-state index is -4.19. The van der Waals surface area contributed by atoms with Crippen LogP contribution in [0.4, 0.5) is 13.2 Å². The number of aryl methyl sites for hydroxylation is 2. The molecule has 1 aromatic rings. The molecule has 18 heavy (non-hydrogen) atoms. The molecule has 100 valence electrons. The van der Waals surface area contributed by atoms with E-state index < -0.39 is 11.7 Å². The third-order valence-corrected chi connectivity index (χ3v) is 3.47. The molecule has 0 atom stereocenters. The first kappa shape index (κ1) is 13.2. The van der Waals surface area contributed by atoms with Crippen molar-refractivity contribution in [1.29, 1.82) is 0 Å². The van der Waals surface area contributed by atoms with Gasteiger partial charge in [0.1, 0.15) is 11.3 Å². The van der Waals surface area contributed by atoms with Crippen LogP contribution >= 0.6 is 0 Å². The van der Waals surface area contributed by atoms with E-state index >= 15 is 0 Å². The van der Waals surface area contributed by atoms with E-state index in [2.05, 4.69) is 5.32 Å². The van der Waals surface area contributed by atoms with Crippen LogP contribution in [-0.4, -0.2) is 16.8 Å². The quantitative estimate of drug-likeness (QED) is 0.873. The van der Waals surface area contributed by atoms with Gasteiger partial charge in [-0.05, 0) is 43.4 Å². The van der Waals surface area contributed by atoms with E-state index in [1.54, 1.807) is 26.0 Å². The van der Waals surface area contributed by atoms with Gasteiger partial charge in [-0.3, -0.25) is 5.32 Å². The fourth-order valence-corrected chi connectivity index (χ4v) is 2.10. The van der Waals surface area contributed by atoms with Crippen molar-refractivity contribution in [3.8, 4) is 5.75 Å².